The largest absolute Gasteiger partial charge is 0.346 e. The van der Waals surface area contributed by atoms with Crippen LogP contribution in [0.15, 0.2) is 28.7 Å². The van der Waals surface area contributed by atoms with E-state index >= 15 is 0 Å². The van der Waals surface area contributed by atoms with Crippen molar-refractivity contribution in [2.24, 2.45) is 0 Å². The van der Waals surface area contributed by atoms with E-state index in [1.165, 1.54) is 5.56 Å². The molecule has 0 fully saturated rings. The normalized spacial score (nSPS) is 11.2. The van der Waals surface area contributed by atoms with Gasteiger partial charge in [0.25, 0.3) is 5.24 Å². The summed E-state index contributed by atoms with van der Waals surface area (Å²) in [6.07, 6.45) is 0. The Morgan fingerprint density at radius 3 is 2.40 bits per heavy atom. The molecule has 0 aliphatic carbocycles. The average Bonchev–Trinajstić information content (AvgIpc) is 2.16. The average molecular weight is 288 g/mol. The first-order valence-electron chi connectivity index (χ1n) is 4.65. The first-order valence-corrected chi connectivity index (χ1v) is 5.89. The van der Waals surface area contributed by atoms with Crippen molar-refractivity contribution in [2.75, 3.05) is 6.54 Å². The molecule has 0 saturated heterocycles. The van der Waals surface area contributed by atoms with E-state index in [1.807, 2.05) is 12.1 Å². The number of rotatable bonds is 3. The summed E-state index contributed by atoms with van der Waals surface area (Å²) in [7, 11) is 0. The van der Waals surface area contributed by atoms with Gasteiger partial charge in [-0.15, -0.1) is 0 Å². The van der Waals surface area contributed by atoms with Crippen molar-refractivity contribution in [3.8, 4) is 0 Å². The van der Waals surface area contributed by atoms with Gasteiger partial charge < -0.3 is 5.32 Å². The van der Waals surface area contributed by atoms with Gasteiger partial charge >= 0.3 is 0 Å². The van der Waals surface area contributed by atoms with E-state index in [0.29, 0.717) is 6.54 Å². The first kappa shape index (κ1) is 12.6. The standard InChI is InChI=1S/C11H14BrNOS/c1-11(2,7-13-10(14)15)8-3-5-9(12)6-4-8/h3-6H,7H2,1-2H3,(H2,13,14,15). The topological polar surface area (TPSA) is 29.1 Å². The van der Waals surface area contributed by atoms with E-state index in [4.69, 9.17) is 0 Å². The second-order valence-corrected chi connectivity index (χ2v) is 5.37. The monoisotopic (exact) mass is 287 g/mol. The van der Waals surface area contributed by atoms with Crippen molar-refractivity contribution < 1.29 is 4.79 Å². The number of hydrogen-bond acceptors (Lipinski definition) is 1. The molecule has 0 bridgehead atoms. The molecule has 1 aromatic carbocycles. The van der Waals surface area contributed by atoms with Gasteiger partial charge in [0.15, 0.2) is 0 Å². The number of nitrogens with one attached hydrogen (secondary N) is 1. The molecule has 0 unspecified atom stereocenters. The highest BCUT2D eigenvalue weighted by molar-refractivity contribution is 9.10. The SMILES string of the molecule is CC(C)(CNC(=O)S)c1ccc(Br)cc1. The van der Waals surface area contributed by atoms with Gasteiger partial charge in [0, 0.05) is 16.4 Å². The van der Waals surface area contributed by atoms with Crippen molar-refractivity contribution in [3.63, 3.8) is 0 Å². The highest BCUT2D eigenvalue weighted by Crippen LogP contribution is 2.23. The highest BCUT2D eigenvalue weighted by Gasteiger charge is 2.20. The summed E-state index contributed by atoms with van der Waals surface area (Å²) in [6.45, 7) is 4.75. The van der Waals surface area contributed by atoms with Crippen LogP contribution < -0.4 is 5.32 Å². The van der Waals surface area contributed by atoms with E-state index in [2.05, 4.69) is 59.9 Å². The molecule has 82 valence electrons. The van der Waals surface area contributed by atoms with Crippen molar-refractivity contribution in [1.29, 1.82) is 0 Å². The molecule has 0 aliphatic rings. The Balaban J connectivity index is 2.76. The lowest BCUT2D eigenvalue weighted by Gasteiger charge is -2.25. The molecule has 1 aromatic rings. The maximum atomic E-state index is 10.7. The zero-order chi connectivity index (χ0) is 11.5. The van der Waals surface area contributed by atoms with Crippen LogP contribution in [-0.2, 0) is 5.41 Å². The molecule has 0 aliphatic heterocycles. The van der Waals surface area contributed by atoms with Gasteiger partial charge in [-0.1, -0.05) is 54.5 Å². The van der Waals surface area contributed by atoms with Gasteiger partial charge in [-0.2, -0.15) is 0 Å². The molecular weight excluding hydrogens is 274 g/mol. The Morgan fingerprint density at radius 1 is 1.40 bits per heavy atom. The summed E-state index contributed by atoms with van der Waals surface area (Å²) in [4.78, 5) is 10.7. The van der Waals surface area contributed by atoms with Gasteiger partial charge in [-0.3, -0.25) is 4.79 Å². The van der Waals surface area contributed by atoms with Crippen LogP contribution in [0.4, 0.5) is 4.79 Å². The molecule has 0 saturated carbocycles. The number of amides is 1. The third-order valence-corrected chi connectivity index (χ3v) is 2.99. The molecule has 1 rings (SSSR count). The molecule has 0 radical (unpaired) electrons. The van der Waals surface area contributed by atoms with Crippen LogP contribution in [0.25, 0.3) is 0 Å². The van der Waals surface area contributed by atoms with E-state index in [1.54, 1.807) is 0 Å². The number of halogens is 1. The number of carbonyl (C=O) groups is 1. The number of carbonyl (C=O) groups excluding carboxylic acids is 1. The summed E-state index contributed by atoms with van der Waals surface area (Å²) in [5.74, 6) is 0. The van der Waals surface area contributed by atoms with Crippen LogP contribution in [0.3, 0.4) is 0 Å². The molecule has 0 aromatic heterocycles. The Kier molecular flexibility index (Phi) is 4.22. The smallest absolute Gasteiger partial charge is 0.276 e. The second kappa shape index (κ2) is 5.03. The molecule has 15 heavy (non-hydrogen) atoms. The zero-order valence-corrected chi connectivity index (χ0v) is 11.2. The van der Waals surface area contributed by atoms with E-state index < -0.39 is 0 Å². The first-order chi connectivity index (χ1) is 6.92. The summed E-state index contributed by atoms with van der Waals surface area (Å²) in [6, 6.07) is 8.10. The van der Waals surface area contributed by atoms with Crippen molar-refractivity contribution in [1.82, 2.24) is 5.32 Å². The van der Waals surface area contributed by atoms with E-state index in [9.17, 15) is 4.79 Å². The van der Waals surface area contributed by atoms with Gasteiger partial charge in [0.05, 0.1) is 0 Å². The lowest BCUT2D eigenvalue weighted by molar-refractivity contribution is 0.259. The summed E-state index contributed by atoms with van der Waals surface area (Å²) < 4.78 is 1.06. The van der Waals surface area contributed by atoms with Crippen LogP contribution in [0, 0.1) is 0 Å². The maximum absolute atomic E-state index is 10.7. The molecule has 0 heterocycles. The third-order valence-electron chi connectivity index (χ3n) is 2.31. The van der Waals surface area contributed by atoms with Crippen molar-refractivity contribution >= 4 is 33.8 Å². The van der Waals surface area contributed by atoms with Gasteiger partial charge in [0.1, 0.15) is 0 Å². The van der Waals surface area contributed by atoms with Crippen LogP contribution in [-0.4, -0.2) is 11.8 Å². The lowest BCUT2D eigenvalue weighted by Crippen LogP contribution is -2.34. The van der Waals surface area contributed by atoms with Crippen LogP contribution in [0.1, 0.15) is 19.4 Å². The minimum atomic E-state index is -0.291. The molecule has 1 N–H and O–H groups in total. The fourth-order valence-corrected chi connectivity index (χ4v) is 1.64. The molecule has 4 heteroatoms. The van der Waals surface area contributed by atoms with Crippen LogP contribution >= 0.6 is 28.6 Å². The highest BCUT2D eigenvalue weighted by atomic mass is 79.9. The minimum absolute atomic E-state index is 0.0842. The molecule has 0 spiro atoms. The van der Waals surface area contributed by atoms with Gasteiger partial charge in [-0.05, 0) is 17.7 Å². The Morgan fingerprint density at radius 2 is 1.93 bits per heavy atom. The van der Waals surface area contributed by atoms with Gasteiger partial charge in [-0.25, -0.2) is 0 Å². The maximum Gasteiger partial charge on any atom is 0.276 e. The minimum Gasteiger partial charge on any atom is -0.346 e. The summed E-state index contributed by atoms with van der Waals surface area (Å²) in [5.41, 5.74) is 1.10. The second-order valence-electron chi connectivity index (χ2n) is 4.05. The molecule has 0 atom stereocenters. The molecule has 1 amide bonds. The third kappa shape index (κ3) is 3.87. The fraction of sp³-hybridized carbons (Fsp3) is 0.364. The van der Waals surface area contributed by atoms with Crippen LogP contribution in [0.2, 0.25) is 0 Å². The zero-order valence-electron chi connectivity index (χ0n) is 8.75. The predicted octanol–water partition coefficient (Wildman–Crippen LogP) is 3.37. The van der Waals surface area contributed by atoms with E-state index in [-0.39, 0.29) is 10.7 Å². The van der Waals surface area contributed by atoms with Crippen LogP contribution in [0.5, 0.6) is 0 Å². The quantitative estimate of drug-likeness (QED) is 0.820. The molecular formula is C11H14BrNOS. The lowest BCUT2D eigenvalue weighted by atomic mass is 9.85. The van der Waals surface area contributed by atoms with Crippen molar-refractivity contribution in [2.45, 2.75) is 19.3 Å². The Labute approximate surface area is 104 Å². The Hall–Kier alpha value is -0.480. The fourth-order valence-electron chi connectivity index (χ4n) is 1.30. The summed E-state index contributed by atoms with van der Waals surface area (Å²) >= 11 is 7.07. The number of benzene rings is 1. The summed E-state index contributed by atoms with van der Waals surface area (Å²) in [5, 5.41) is 2.42. The van der Waals surface area contributed by atoms with Gasteiger partial charge in [0.2, 0.25) is 0 Å². The molecule has 2 nitrogen and oxygen atoms in total. The number of hydrogen-bond donors (Lipinski definition) is 2. The van der Waals surface area contributed by atoms with Crippen molar-refractivity contribution in [3.05, 3.63) is 34.3 Å². The van der Waals surface area contributed by atoms with E-state index in [0.717, 1.165) is 4.47 Å². The predicted molar refractivity (Wildman–Crippen MR) is 69.6 cm³/mol. The Bertz CT molecular complexity index is 348. The number of thiol groups is 1.